The number of anilines is 1. The molecule has 0 aliphatic heterocycles. The molecule has 0 unspecified atom stereocenters. The number of alkyl halides is 3. The van der Waals surface area contributed by atoms with Gasteiger partial charge in [0, 0.05) is 0 Å². The van der Waals surface area contributed by atoms with E-state index in [2.05, 4.69) is 5.10 Å². The van der Waals surface area contributed by atoms with Gasteiger partial charge in [-0.2, -0.15) is 23.5 Å². The number of nitrogen functional groups attached to an aromatic ring is 1. The van der Waals surface area contributed by atoms with E-state index in [1.54, 1.807) is 0 Å². The molecule has 0 saturated carbocycles. The largest absolute Gasteiger partial charge is 0.416 e. The highest BCUT2D eigenvalue weighted by Crippen LogP contribution is 2.30. The van der Waals surface area contributed by atoms with E-state index in [9.17, 15) is 13.2 Å². The summed E-state index contributed by atoms with van der Waals surface area (Å²) in [7, 11) is 0. The number of halogens is 3. The number of nitrogens with zero attached hydrogens (tertiary/aromatic N) is 3. The first-order valence-corrected chi connectivity index (χ1v) is 5.83. The molecule has 0 saturated heterocycles. The van der Waals surface area contributed by atoms with Gasteiger partial charge in [-0.25, -0.2) is 4.68 Å². The molecule has 2 rings (SSSR count). The van der Waals surface area contributed by atoms with Gasteiger partial charge in [0.1, 0.15) is 17.5 Å². The van der Waals surface area contributed by atoms with Gasteiger partial charge in [0.15, 0.2) is 0 Å². The molecule has 1 aromatic heterocycles. The lowest BCUT2D eigenvalue weighted by Crippen LogP contribution is -2.06. The lowest BCUT2D eigenvalue weighted by atomic mass is 10.2. The molecule has 1 heterocycles. The minimum atomic E-state index is -4.39. The van der Waals surface area contributed by atoms with Gasteiger partial charge in [-0.1, -0.05) is 6.92 Å². The van der Waals surface area contributed by atoms with E-state index in [1.807, 2.05) is 13.0 Å². The molecule has 4 nitrogen and oxygen atoms in total. The van der Waals surface area contributed by atoms with Crippen LogP contribution in [-0.2, 0) is 12.6 Å². The maximum absolute atomic E-state index is 12.5. The number of benzene rings is 1. The number of hydrogen-bond acceptors (Lipinski definition) is 3. The van der Waals surface area contributed by atoms with Gasteiger partial charge in [-0.15, -0.1) is 0 Å². The van der Waals surface area contributed by atoms with Crippen molar-refractivity contribution in [2.75, 3.05) is 5.73 Å². The van der Waals surface area contributed by atoms with Crippen LogP contribution in [0.25, 0.3) is 5.69 Å². The van der Waals surface area contributed by atoms with Gasteiger partial charge < -0.3 is 5.73 Å². The van der Waals surface area contributed by atoms with Crippen molar-refractivity contribution in [3.63, 3.8) is 0 Å². The Balaban J connectivity index is 2.48. The first-order chi connectivity index (χ1) is 9.38. The molecule has 2 aromatic rings. The number of aryl methyl sites for hydroxylation is 1. The van der Waals surface area contributed by atoms with Gasteiger partial charge in [0.2, 0.25) is 0 Å². The fourth-order valence-corrected chi connectivity index (χ4v) is 1.84. The Hall–Kier alpha value is -2.49. The van der Waals surface area contributed by atoms with Crippen molar-refractivity contribution in [3.05, 3.63) is 41.1 Å². The molecule has 7 heteroatoms. The normalized spacial score (nSPS) is 11.3. The highest BCUT2D eigenvalue weighted by Gasteiger charge is 2.30. The van der Waals surface area contributed by atoms with Crippen LogP contribution < -0.4 is 5.73 Å². The summed E-state index contributed by atoms with van der Waals surface area (Å²) in [5, 5.41) is 13.2. The van der Waals surface area contributed by atoms with E-state index in [0.29, 0.717) is 17.8 Å². The highest BCUT2D eigenvalue weighted by atomic mass is 19.4. The summed E-state index contributed by atoms with van der Waals surface area (Å²) in [6.07, 6.45) is -3.87. The van der Waals surface area contributed by atoms with Crippen LogP contribution in [0.2, 0.25) is 0 Å². The van der Waals surface area contributed by atoms with E-state index in [1.165, 1.54) is 16.8 Å². The Kier molecular flexibility index (Phi) is 3.40. The Morgan fingerprint density at radius 3 is 2.30 bits per heavy atom. The molecule has 0 radical (unpaired) electrons. The zero-order valence-corrected chi connectivity index (χ0v) is 10.6. The van der Waals surface area contributed by atoms with Crippen molar-refractivity contribution in [1.82, 2.24) is 9.78 Å². The van der Waals surface area contributed by atoms with Crippen molar-refractivity contribution in [3.8, 4) is 11.8 Å². The lowest BCUT2D eigenvalue weighted by Gasteiger charge is -2.08. The van der Waals surface area contributed by atoms with E-state index in [0.717, 1.165) is 12.1 Å². The lowest BCUT2D eigenvalue weighted by molar-refractivity contribution is -0.137. The third-order valence-electron chi connectivity index (χ3n) is 2.88. The summed E-state index contributed by atoms with van der Waals surface area (Å²) in [6, 6.07) is 6.40. The molecule has 0 aliphatic carbocycles. The van der Waals surface area contributed by atoms with Crippen LogP contribution in [0.1, 0.15) is 23.7 Å². The van der Waals surface area contributed by atoms with E-state index < -0.39 is 11.7 Å². The molecule has 0 atom stereocenters. The van der Waals surface area contributed by atoms with Crippen molar-refractivity contribution >= 4 is 5.82 Å². The maximum Gasteiger partial charge on any atom is 0.416 e. The van der Waals surface area contributed by atoms with Crippen LogP contribution in [0.4, 0.5) is 19.0 Å². The van der Waals surface area contributed by atoms with Crippen molar-refractivity contribution < 1.29 is 13.2 Å². The molecule has 2 N–H and O–H groups in total. The summed E-state index contributed by atoms with van der Waals surface area (Å²) < 4.78 is 38.7. The fraction of sp³-hybridized carbons (Fsp3) is 0.231. The standard InChI is InChI=1S/C13H11F3N4/c1-2-11-10(7-17)12(18)20(19-11)9-5-3-8(4-6-9)13(14,15)16/h3-6H,2,18H2,1H3. The second-order valence-corrected chi connectivity index (χ2v) is 4.13. The summed E-state index contributed by atoms with van der Waals surface area (Å²) in [5.41, 5.74) is 6.21. The summed E-state index contributed by atoms with van der Waals surface area (Å²) in [5.74, 6) is 0.129. The molecule has 0 bridgehead atoms. The molecule has 0 amide bonds. The van der Waals surface area contributed by atoms with Crippen LogP contribution in [-0.4, -0.2) is 9.78 Å². The second-order valence-electron chi connectivity index (χ2n) is 4.13. The topological polar surface area (TPSA) is 67.6 Å². The molecular formula is C13H11F3N4. The minimum Gasteiger partial charge on any atom is -0.382 e. The molecule has 104 valence electrons. The summed E-state index contributed by atoms with van der Waals surface area (Å²) in [4.78, 5) is 0. The predicted octanol–water partition coefficient (Wildman–Crippen LogP) is 2.91. The van der Waals surface area contributed by atoms with Crippen molar-refractivity contribution in [2.45, 2.75) is 19.5 Å². The van der Waals surface area contributed by atoms with Gasteiger partial charge in [0.05, 0.1) is 16.9 Å². The Bertz CT molecular complexity index is 663. The SMILES string of the molecule is CCc1nn(-c2ccc(C(F)(F)F)cc2)c(N)c1C#N. The average molecular weight is 280 g/mol. The number of aromatic nitrogens is 2. The van der Waals surface area contributed by atoms with Crippen molar-refractivity contribution in [2.24, 2.45) is 0 Å². The van der Waals surface area contributed by atoms with Crippen LogP contribution in [0.5, 0.6) is 0 Å². The summed E-state index contributed by atoms with van der Waals surface area (Å²) >= 11 is 0. The average Bonchev–Trinajstić information content (AvgIpc) is 2.74. The molecule has 0 fully saturated rings. The highest BCUT2D eigenvalue weighted by molar-refractivity contribution is 5.56. The smallest absolute Gasteiger partial charge is 0.382 e. The Labute approximate surface area is 113 Å². The van der Waals surface area contributed by atoms with Gasteiger partial charge in [0.25, 0.3) is 0 Å². The first-order valence-electron chi connectivity index (χ1n) is 5.83. The number of nitriles is 1. The number of nitrogens with two attached hydrogens (primary N) is 1. The third-order valence-corrected chi connectivity index (χ3v) is 2.88. The van der Waals surface area contributed by atoms with Crippen LogP contribution in [0, 0.1) is 11.3 Å². The molecule has 0 spiro atoms. The first kappa shape index (κ1) is 13.9. The van der Waals surface area contributed by atoms with Crippen LogP contribution in [0.3, 0.4) is 0 Å². The monoisotopic (exact) mass is 280 g/mol. The van der Waals surface area contributed by atoms with Gasteiger partial charge in [-0.05, 0) is 30.7 Å². The van der Waals surface area contributed by atoms with Crippen LogP contribution >= 0.6 is 0 Å². The molecule has 20 heavy (non-hydrogen) atoms. The summed E-state index contributed by atoms with van der Waals surface area (Å²) in [6.45, 7) is 1.82. The van der Waals surface area contributed by atoms with Gasteiger partial charge in [-0.3, -0.25) is 0 Å². The van der Waals surface area contributed by atoms with E-state index in [4.69, 9.17) is 11.0 Å². The fourth-order valence-electron chi connectivity index (χ4n) is 1.84. The Morgan fingerprint density at radius 2 is 1.90 bits per heavy atom. The van der Waals surface area contributed by atoms with Crippen LogP contribution in [0.15, 0.2) is 24.3 Å². The van der Waals surface area contributed by atoms with Crippen molar-refractivity contribution in [1.29, 1.82) is 5.26 Å². The predicted molar refractivity (Wildman–Crippen MR) is 67.1 cm³/mol. The molecule has 0 aliphatic rings. The van der Waals surface area contributed by atoms with Gasteiger partial charge >= 0.3 is 6.18 Å². The second kappa shape index (κ2) is 4.89. The number of hydrogen-bond donors (Lipinski definition) is 1. The number of rotatable bonds is 2. The molecule has 1 aromatic carbocycles. The zero-order chi connectivity index (χ0) is 14.9. The van der Waals surface area contributed by atoms with E-state index >= 15 is 0 Å². The third kappa shape index (κ3) is 2.32. The van der Waals surface area contributed by atoms with E-state index in [-0.39, 0.29) is 11.4 Å². The zero-order valence-electron chi connectivity index (χ0n) is 10.6. The molecular weight excluding hydrogens is 269 g/mol. The quantitative estimate of drug-likeness (QED) is 0.919. The minimum absolute atomic E-state index is 0.129. The Morgan fingerprint density at radius 1 is 1.30 bits per heavy atom. The maximum atomic E-state index is 12.5.